The van der Waals surface area contributed by atoms with E-state index in [1.165, 1.54) is 72.1 Å². The first kappa shape index (κ1) is 35.2. The standard InChI is InChI=1S/C61H37NO2/c1-2-15-38(16-3-1)39-29-31-40(32-30-39)62(54-26-14-23-46-45-20-8-12-27-55(45)64-60(46)54)41-33-34-52-49(37-41)43-18-5-4-17-42(43)44-19-6-10-24-50(44)61(52)51-25-11-7-21-47(51)58-53(61)35-36-57-59(58)48-22-9-13-28-56(48)63-57/h1-37H. The Labute approximate surface area is 369 Å². The van der Waals surface area contributed by atoms with Crippen molar-refractivity contribution < 1.29 is 8.83 Å². The molecule has 0 saturated carbocycles. The predicted molar refractivity (Wildman–Crippen MR) is 263 cm³/mol. The molecule has 0 N–H and O–H groups in total. The normalized spacial score (nSPS) is 14.6. The molecule has 1 unspecified atom stereocenters. The number of benzene rings is 10. The minimum atomic E-state index is -0.650. The quantitative estimate of drug-likeness (QED) is 0.177. The summed E-state index contributed by atoms with van der Waals surface area (Å²) < 4.78 is 13.4. The van der Waals surface area contributed by atoms with Crippen molar-refractivity contribution in [1.29, 1.82) is 0 Å². The zero-order valence-corrected chi connectivity index (χ0v) is 34.6. The summed E-state index contributed by atoms with van der Waals surface area (Å²) in [5.41, 5.74) is 20.7. The van der Waals surface area contributed by atoms with Gasteiger partial charge in [-0.1, -0.05) is 176 Å². The molecule has 0 amide bonds. The van der Waals surface area contributed by atoms with Crippen molar-refractivity contribution in [3.05, 3.63) is 247 Å². The molecule has 10 aromatic carbocycles. The average molecular weight is 816 g/mol. The first-order valence-electron chi connectivity index (χ1n) is 22.0. The molecule has 2 aromatic heterocycles. The number of hydrogen-bond acceptors (Lipinski definition) is 3. The maximum Gasteiger partial charge on any atom is 0.159 e. The van der Waals surface area contributed by atoms with E-state index in [1.54, 1.807) is 0 Å². The molecule has 64 heavy (non-hydrogen) atoms. The predicted octanol–water partition coefficient (Wildman–Crippen LogP) is 16.6. The fourth-order valence-electron chi connectivity index (χ4n) is 11.3. The maximum absolute atomic E-state index is 6.80. The van der Waals surface area contributed by atoms with Gasteiger partial charge in [-0.2, -0.15) is 0 Å². The number of furan rings is 2. The summed E-state index contributed by atoms with van der Waals surface area (Å²) in [5.74, 6) is 0. The van der Waals surface area contributed by atoms with Gasteiger partial charge < -0.3 is 13.7 Å². The Bertz CT molecular complexity index is 3860. The highest BCUT2D eigenvalue weighted by atomic mass is 16.3. The second-order valence-corrected chi connectivity index (χ2v) is 17.1. The molecule has 2 aliphatic rings. The molecule has 2 heterocycles. The van der Waals surface area contributed by atoms with Crippen molar-refractivity contribution in [2.45, 2.75) is 5.41 Å². The Morgan fingerprint density at radius 2 is 0.891 bits per heavy atom. The third-order valence-electron chi connectivity index (χ3n) is 13.9. The Morgan fingerprint density at radius 3 is 1.69 bits per heavy atom. The van der Waals surface area contributed by atoms with Crippen molar-refractivity contribution in [2.75, 3.05) is 4.90 Å². The molecule has 3 nitrogen and oxygen atoms in total. The van der Waals surface area contributed by atoms with Crippen LogP contribution in [0, 0.1) is 0 Å². The van der Waals surface area contributed by atoms with Gasteiger partial charge in [0.2, 0.25) is 0 Å². The van der Waals surface area contributed by atoms with E-state index < -0.39 is 5.41 Å². The number of hydrogen-bond donors (Lipinski definition) is 0. The second kappa shape index (κ2) is 13.3. The van der Waals surface area contributed by atoms with Crippen LogP contribution in [-0.4, -0.2) is 0 Å². The van der Waals surface area contributed by atoms with E-state index >= 15 is 0 Å². The molecule has 0 radical (unpaired) electrons. The molecule has 1 spiro atoms. The first-order chi connectivity index (χ1) is 31.8. The van der Waals surface area contributed by atoms with Crippen LogP contribution in [0.5, 0.6) is 0 Å². The number of fused-ring (bicyclic) bond motifs is 19. The summed E-state index contributed by atoms with van der Waals surface area (Å²) in [6.45, 7) is 0. The van der Waals surface area contributed by atoms with Crippen LogP contribution in [0.1, 0.15) is 22.3 Å². The smallest absolute Gasteiger partial charge is 0.159 e. The van der Waals surface area contributed by atoms with Gasteiger partial charge in [-0.25, -0.2) is 0 Å². The van der Waals surface area contributed by atoms with Crippen molar-refractivity contribution in [1.82, 2.24) is 0 Å². The minimum Gasteiger partial charge on any atom is -0.456 e. The third kappa shape index (κ3) is 4.76. The summed E-state index contributed by atoms with van der Waals surface area (Å²) in [5, 5.41) is 4.49. The maximum atomic E-state index is 6.80. The van der Waals surface area contributed by atoms with Gasteiger partial charge >= 0.3 is 0 Å². The van der Waals surface area contributed by atoms with Crippen molar-refractivity contribution in [3.63, 3.8) is 0 Å². The molecular weight excluding hydrogens is 779 g/mol. The molecule has 0 saturated heterocycles. The van der Waals surface area contributed by atoms with E-state index in [0.717, 1.165) is 55.6 Å². The average Bonchev–Trinajstić information content (AvgIpc) is 4.01. The molecule has 0 fully saturated rings. The van der Waals surface area contributed by atoms with Gasteiger partial charge in [-0.05, 0) is 115 Å². The highest BCUT2D eigenvalue weighted by Crippen LogP contribution is 2.63. The molecule has 298 valence electrons. The van der Waals surface area contributed by atoms with E-state index in [2.05, 4.69) is 223 Å². The van der Waals surface area contributed by atoms with Gasteiger partial charge in [0, 0.05) is 32.9 Å². The Hall–Kier alpha value is -8.40. The summed E-state index contributed by atoms with van der Waals surface area (Å²) >= 11 is 0. The Balaban J connectivity index is 1.08. The fourth-order valence-corrected chi connectivity index (χ4v) is 11.3. The van der Waals surface area contributed by atoms with Gasteiger partial charge in [-0.3, -0.25) is 0 Å². The van der Waals surface area contributed by atoms with E-state index in [9.17, 15) is 0 Å². The highest BCUT2D eigenvalue weighted by molar-refractivity contribution is 6.16. The number of nitrogens with zero attached hydrogens (tertiary/aromatic N) is 1. The topological polar surface area (TPSA) is 29.5 Å². The van der Waals surface area contributed by atoms with E-state index in [0.29, 0.717) is 0 Å². The highest BCUT2D eigenvalue weighted by Gasteiger charge is 2.50. The minimum absolute atomic E-state index is 0.650. The van der Waals surface area contributed by atoms with Gasteiger partial charge in [-0.15, -0.1) is 0 Å². The third-order valence-corrected chi connectivity index (χ3v) is 13.9. The molecular formula is C61H37NO2. The van der Waals surface area contributed by atoms with Gasteiger partial charge in [0.05, 0.1) is 11.1 Å². The molecule has 0 bridgehead atoms. The summed E-state index contributed by atoms with van der Waals surface area (Å²) in [4.78, 5) is 2.38. The number of anilines is 3. The molecule has 12 aromatic rings. The lowest BCUT2D eigenvalue weighted by Gasteiger charge is -2.36. The van der Waals surface area contributed by atoms with Crippen LogP contribution in [0.3, 0.4) is 0 Å². The van der Waals surface area contributed by atoms with Crippen molar-refractivity contribution in [2.24, 2.45) is 0 Å². The molecule has 3 heteroatoms. The van der Waals surface area contributed by atoms with Gasteiger partial charge in [0.1, 0.15) is 16.7 Å². The fraction of sp³-hybridized carbons (Fsp3) is 0.0164. The van der Waals surface area contributed by atoms with Crippen LogP contribution in [0.25, 0.3) is 88.4 Å². The van der Waals surface area contributed by atoms with Crippen LogP contribution in [0.15, 0.2) is 233 Å². The summed E-state index contributed by atoms with van der Waals surface area (Å²) in [6, 6.07) is 81.7. The Kier molecular flexibility index (Phi) is 7.32. The van der Waals surface area contributed by atoms with Gasteiger partial charge in [0.25, 0.3) is 0 Å². The van der Waals surface area contributed by atoms with Crippen molar-refractivity contribution >= 4 is 60.9 Å². The van der Waals surface area contributed by atoms with Crippen LogP contribution in [0.2, 0.25) is 0 Å². The SMILES string of the molecule is c1ccc(-c2ccc(N(c3ccc4c(c3)-c3ccccc3-c3ccccc3C43c4ccccc4-c4c3ccc3oc5ccccc5c43)c3cccc4c3oc3ccccc34)cc2)cc1. The lowest BCUT2D eigenvalue weighted by molar-refractivity contribution is 0.668. The zero-order valence-electron chi connectivity index (χ0n) is 34.6. The lowest BCUT2D eigenvalue weighted by Crippen LogP contribution is -2.29. The second-order valence-electron chi connectivity index (χ2n) is 17.1. The zero-order chi connectivity index (χ0) is 41.9. The summed E-state index contributed by atoms with van der Waals surface area (Å²) in [6.07, 6.45) is 0. The van der Waals surface area contributed by atoms with E-state index in [1.807, 2.05) is 6.07 Å². The molecule has 2 aliphatic carbocycles. The number of para-hydroxylation sites is 3. The molecule has 1 atom stereocenters. The molecule has 14 rings (SSSR count). The molecule has 0 aliphatic heterocycles. The van der Waals surface area contributed by atoms with E-state index in [4.69, 9.17) is 8.83 Å². The van der Waals surface area contributed by atoms with Crippen LogP contribution < -0.4 is 4.90 Å². The van der Waals surface area contributed by atoms with Gasteiger partial charge in [0.15, 0.2) is 5.58 Å². The van der Waals surface area contributed by atoms with Crippen LogP contribution in [-0.2, 0) is 5.41 Å². The van der Waals surface area contributed by atoms with Crippen molar-refractivity contribution in [3.8, 4) is 44.5 Å². The Morgan fingerprint density at radius 1 is 0.328 bits per heavy atom. The monoisotopic (exact) mass is 815 g/mol. The lowest BCUT2D eigenvalue weighted by atomic mass is 9.66. The largest absolute Gasteiger partial charge is 0.456 e. The first-order valence-corrected chi connectivity index (χ1v) is 22.0. The van der Waals surface area contributed by atoms with Crippen LogP contribution >= 0.6 is 0 Å². The van der Waals surface area contributed by atoms with Crippen LogP contribution in [0.4, 0.5) is 17.1 Å². The van der Waals surface area contributed by atoms with E-state index in [-0.39, 0.29) is 0 Å². The summed E-state index contributed by atoms with van der Waals surface area (Å²) in [7, 11) is 0. The number of rotatable bonds is 4.